The fourth-order valence-corrected chi connectivity index (χ4v) is 3.33. The average molecular weight is 401 g/mol. The van der Waals surface area contributed by atoms with Gasteiger partial charge in [-0.25, -0.2) is 4.39 Å². The first kappa shape index (κ1) is 19.8. The molecule has 9 heteroatoms. The van der Waals surface area contributed by atoms with E-state index in [-0.39, 0.29) is 23.5 Å². The number of benzene rings is 2. The van der Waals surface area contributed by atoms with Crippen LogP contribution in [-0.2, 0) is 4.79 Å². The summed E-state index contributed by atoms with van der Waals surface area (Å²) in [6, 6.07) is 11.5. The molecule has 1 amide bonds. The van der Waals surface area contributed by atoms with Crippen molar-refractivity contribution in [1.29, 1.82) is 0 Å². The second kappa shape index (κ2) is 8.83. The lowest BCUT2D eigenvalue weighted by Gasteiger charge is -2.14. The Kier molecular flexibility index (Phi) is 6.25. The van der Waals surface area contributed by atoms with Crippen LogP contribution in [0.4, 0.5) is 4.39 Å². The smallest absolute Gasteiger partial charge is 0.230 e. The van der Waals surface area contributed by atoms with Crippen molar-refractivity contribution >= 4 is 17.7 Å². The summed E-state index contributed by atoms with van der Waals surface area (Å²) in [6.07, 6.45) is 0. The minimum absolute atomic E-state index is 0.139. The number of aromatic nitrogens is 4. The summed E-state index contributed by atoms with van der Waals surface area (Å²) in [5.74, 6) is 0.290. The van der Waals surface area contributed by atoms with Gasteiger partial charge in [0.15, 0.2) is 0 Å². The molecule has 2 aromatic carbocycles. The van der Waals surface area contributed by atoms with E-state index in [1.54, 1.807) is 23.9 Å². The summed E-state index contributed by atoms with van der Waals surface area (Å²) in [5, 5.41) is 15.1. The van der Waals surface area contributed by atoms with Gasteiger partial charge < -0.3 is 10.1 Å². The second-order valence-corrected chi connectivity index (χ2v) is 7.12. The Morgan fingerprint density at radius 3 is 2.75 bits per heavy atom. The molecule has 28 heavy (non-hydrogen) atoms. The number of tetrazole rings is 1. The van der Waals surface area contributed by atoms with Gasteiger partial charge in [0.1, 0.15) is 17.3 Å². The number of halogens is 1. The van der Waals surface area contributed by atoms with E-state index < -0.39 is 0 Å². The van der Waals surface area contributed by atoms with Gasteiger partial charge in [-0.05, 0) is 59.7 Å². The minimum Gasteiger partial charge on any atom is -0.494 e. The SMILES string of the molecule is COc1ccc(C)cc1-n1nnnc1SCC(=O)N[C@H](C)c1ccc(F)cc1. The van der Waals surface area contributed by atoms with Crippen molar-refractivity contribution in [3.05, 3.63) is 59.4 Å². The Morgan fingerprint density at radius 1 is 1.29 bits per heavy atom. The van der Waals surface area contributed by atoms with Crippen LogP contribution >= 0.6 is 11.8 Å². The minimum atomic E-state index is -0.309. The van der Waals surface area contributed by atoms with Gasteiger partial charge in [-0.1, -0.05) is 30.0 Å². The first-order valence-electron chi connectivity index (χ1n) is 8.59. The predicted molar refractivity (Wildman–Crippen MR) is 104 cm³/mol. The molecule has 0 spiro atoms. The third-order valence-electron chi connectivity index (χ3n) is 4.08. The van der Waals surface area contributed by atoms with E-state index in [4.69, 9.17) is 4.74 Å². The highest BCUT2D eigenvalue weighted by Gasteiger charge is 2.16. The number of carbonyl (C=O) groups is 1. The summed E-state index contributed by atoms with van der Waals surface area (Å²) in [7, 11) is 1.58. The molecule has 0 saturated heterocycles. The third-order valence-corrected chi connectivity index (χ3v) is 5.00. The maximum absolute atomic E-state index is 13.0. The quantitative estimate of drug-likeness (QED) is 0.613. The van der Waals surface area contributed by atoms with Crippen molar-refractivity contribution in [1.82, 2.24) is 25.5 Å². The molecule has 0 bridgehead atoms. The van der Waals surface area contributed by atoms with Gasteiger partial charge in [-0.3, -0.25) is 4.79 Å². The maximum Gasteiger partial charge on any atom is 0.230 e. The molecule has 1 aromatic heterocycles. The second-order valence-electron chi connectivity index (χ2n) is 6.18. The predicted octanol–water partition coefficient (Wildman–Crippen LogP) is 3.09. The molecule has 3 aromatic rings. The van der Waals surface area contributed by atoms with Crippen molar-refractivity contribution in [2.45, 2.75) is 25.0 Å². The van der Waals surface area contributed by atoms with Crippen LogP contribution in [0.3, 0.4) is 0 Å². The van der Waals surface area contributed by atoms with Crippen LogP contribution in [0.1, 0.15) is 24.1 Å². The van der Waals surface area contributed by atoms with E-state index in [2.05, 4.69) is 20.8 Å². The molecule has 3 rings (SSSR count). The fraction of sp³-hybridized carbons (Fsp3) is 0.263. The lowest BCUT2D eigenvalue weighted by molar-refractivity contribution is -0.119. The molecular weight excluding hydrogens is 381 g/mol. The highest BCUT2D eigenvalue weighted by atomic mass is 32.2. The molecule has 0 fully saturated rings. The standard InChI is InChI=1S/C19H20FN5O2S/c1-12-4-9-17(27-3)16(10-12)25-19(22-23-24-25)28-11-18(26)21-13(2)14-5-7-15(20)8-6-14/h4-10,13H,11H2,1-3H3,(H,21,26)/t13-/m1/s1. The first-order valence-corrected chi connectivity index (χ1v) is 9.57. The molecular formula is C19H20FN5O2S. The summed E-state index contributed by atoms with van der Waals surface area (Å²) in [5.41, 5.74) is 2.57. The lowest BCUT2D eigenvalue weighted by Crippen LogP contribution is -2.28. The summed E-state index contributed by atoms with van der Waals surface area (Å²) in [4.78, 5) is 12.3. The van der Waals surface area contributed by atoms with E-state index in [0.717, 1.165) is 11.1 Å². The Hall–Kier alpha value is -2.94. The number of rotatable bonds is 7. The van der Waals surface area contributed by atoms with Gasteiger partial charge in [0.25, 0.3) is 0 Å². The van der Waals surface area contributed by atoms with Crippen LogP contribution in [0.25, 0.3) is 5.69 Å². The normalized spacial score (nSPS) is 11.9. The van der Waals surface area contributed by atoms with Gasteiger partial charge in [0, 0.05) is 0 Å². The Labute approximate surface area is 166 Å². The molecule has 0 aliphatic heterocycles. The summed E-state index contributed by atoms with van der Waals surface area (Å²) >= 11 is 1.22. The Balaban J connectivity index is 1.66. The monoisotopic (exact) mass is 401 g/mol. The van der Waals surface area contributed by atoms with Gasteiger partial charge in [-0.2, -0.15) is 4.68 Å². The highest BCUT2D eigenvalue weighted by Crippen LogP contribution is 2.27. The lowest BCUT2D eigenvalue weighted by atomic mass is 10.1. The number of ether oxygens (including phenoxy) is 1. The van der Waals surface area contributed by atoms with E-state index in [1.165, 1.54) is 23.9 Å². The number of thioether (sulfide) groups is 1. The van der Waals surface area contributed by atoms with Gasteiger partial charge in [0.2, 0.25) is 11.1 Å². The molecule has 0 aliphatic rings. The number of aryl methyl sites for hydroxylation is 1. The fourth-order valence-electron chi connectivity index (χ4n) is 2.63. The number of nitrogens with one attached hydrogen (secondary N) is 1. The van der Waals surface area contributed by atoms with Gasteiger partial charge in [0.05, 0.1) is 18.9 Å². The third kappa shape index (κ3) is 4.66. The van der Waals surface area contributed by atoms with Crippen molar-refractivity contribution in [2.24, 2.45) is 0 Å². The molecule has 0 saturated carbocycles. The molecule has 0 unspecified atom stereocenters. The van der Waals surface area contributed by atoms with Gasteiger partial charge in [-0.15, -0.1) is 5.10 Å². The molecule has 146 valence electrons. The highest BCUT2D eigenvalue weighted by molar-refractivity contribution is 7.99. The van der Waals surface area contributed by atoms with Crippen LogP contribution in [0, 0.1) is 12.7 Å². The number of hydrogen-bond donors (Lipinski definition) is 1. The van der Waals surface area contributed by atoms with Crippen molar-refractivity contribution in [3.8, 4) is 11.4 Å². The Bertz CT molecular complexity index is 961. The molecule has 1 N–H and O–H groups in total. The van der Waals surface area contributed by atoms with Crippen molar-refractivity contribution < 1.29 is 13.9 Å². The topological polar surface area (TPSA) is 81.9 Å². The summed E-state index contributed by atoms with van der Waals surface area (Å²) < 4.78 is 20.0. The zero-order valence-corrected chi connectivity index (χ0v) is 16.5. The van der Waals surface area contributed by atoms with Crippen molar-refractivity contribution in [3.63, 3.8) is 0 Å². The van der Waals surface area contributed by atoms with Crippen LogP contribution < -0.4 is 10.1 Å². The molecule has 0 aliphatic carbocycles. The molecule has 1 atom stereocenters. The van der Waals surface area contributed by atoms with Crippen LogP contribution in [0.15, 0.2) is 47.6 Å². The first-order chi connectivity index (χ1) is 13.5. The summed E-state index contributed by atoms with van der Waals surface area (Å²) in [6.45, 7) is 3.81. The van der Waals surface area contributed by atoms with Crippen LogP contribution in [-0.4, -0.2) is 39.0 Å². The van der Waals surface area contributed by atoms with E-state index in [1.807, 2.05) is 32.0 Å². The Morgan fingerprint density at radius 2 is 2.04 bits per heavy atom. The van der Waals surface area contributed by atoms with Gasteiger partial charge >= 0.3 is 0 Å². The van der Waals surface area contributed by atoms with E-state index in [0.29, 0.717) is 16.6 Å². The van der Waals surface area contributed by atoms with E-state index in [9.17, 15) is 9.18 Å². The maximum atomic E-state index is 13.0. The molecule has 0 radical (unpaired) electrons. The number of nitrogens with zero attached hydrogens (tertiary/aromatic N) is 4. The zero-order chi connectivity index (χ0) is 20.1. The molecule has 7 nitrogen and oxygen atoms in total. The molecule has 1 heterocycles. The number of hydrogen-bond acceptors (Lipinski definition) is 6. The number of carbonyl (C=O) groups excluding carboxylic acids is 1. The van der Waals surface area contributed by atoms with Crippen LogP contribution in [0.5, 0.6) is 5.75 Å². The van der Waals surface area contributed by atoms with E-state index >= 15 is 0 Å². The van der Waals surface area contributed by atoms with Crippen LogP contribution in [0.2, 0.25) is 0 Å². The van der Waals surface area contributed by atoms with Crippen molar-refractivity contribution in [2.75, 3.05) is 12.9 Å². The zero-order valence-electron chi connectivity index (χ0n) is 15.7. The number of methoxy groups -OCH3 is 1. The largest absolute Gasteiger partial charge is 0.494 e. The average Bonchev–Trinajstić information content (AvgIpc) is 3.15. The number of amides is 1.